The maximum atomic E-state index is 3.85. The fraction of sp³-hybridized carbons (Fsp3) is 0.385. The Morgan fingerprint density at radius 1 is 1.53 bits per heavy atom. The summed E-state index contributed by atoms with van der Waals surface area (Å²) in [6, 6.07) is 9.19. The third-order valence-corrected chi connectivity index (χ3v) is 3.30. The van der Waals surface area contributed by atoms with Gasteiger partial charge in [-0.3, -0.25) is 0 Å². The number of nitrogens with one attached hydrogen (secondary N) is 1. The summed E-state index contributed by atoms with van der Waals surface area (Å²) in [5, 5.41) is 3.54. The van der Waals surface area contributed by atoms with Crippen molar-refractivity contribution >= 4 is 15.9 Å². The molecule has 2 unspecified atom stereocenters. The highest BCUT2D eigenvalue weighted by atomic mass is 79.9. The second-order valence-electron chi connectivity index (χ2n) is 4.26. The quantitative estimate of drug-likeness (QED) is 0.884. The van der Waals surface area contributed by atoms with Crippen molar-refractivity contribution in [1.82, 2.24) is 5.32 Å². The Morgan fingerprint density at radius 2 is 2.27 bits per heavy atom. The lowest BCUT2D eigenvalue weighted by Crippen LogP contribution is -2.24. The van der Waals surface area contributed by atoms with E-state index in [0.29, 0.717) is 12.0 Å². The second kappa shape index (κ2) is 4.50. The van der Waals surface area contributed by atoms with Gasteiger partial charge in [0, 0.05) is 17.1 Å². The van der Waals surface area contributed by atoms with E-state index in [1.165, 1.54) is 17.5 Å². The molecule has 1 aromatic carbocycles. The number of rotatable bonds is 3. The largest absolute Gasteiger partial charge is 0.305 e. The van der Waals surface area contributed by atoms with Gasteiger partial charge in [-0.25, -0.2) is 0 Å². The topological polar surface area (TPSA) is 12.0 Å². The number of fused-ring (bicyclic) bond motifs is 1. The molecule has 15 heavy (non-hydrogen) atoms. The van der Waals surface area contributed by atoms with Crippen LogP contribution in [0.5, 0.6) is 0 Å². The van der Waals surface area contributed by atoms with Crippen molar-refractivity contribution in [1.29, 1.82) is 0 Å². The lowest BCUT2D eigenvalue weighted by atomic mass is 10.0. The summed E-state index contributed by atoms with van der Waals surface area (Å²) in [6.45, 7) is 6.99. The summed E-state index contributed by atoms with van der Waals surface area (Å²) >= 11 is 3.38. The van der Waals surface area contributed by atoms with Gasteiger partial charge < -0.3 is 5.32 Å². The van der Waals surface area contributed by atoms with Crippen LogP contribution in [-0.2, 0) is 6.42 Å². The SMILES string of the molecule is C=C(Br)CNC1c2ccccc2CC1C. The molecule has 1 nitrogen and oxygen atoms in total. The standard InChI is InChI=1S/C13H16BrN/c1-9-7-11-5-3-4-6-12(11)13(9)15-8-10(2)14/h3-6,9,13,15H,2,7-8H2,1H3. The van der Waals surface area contributed by atoms with Gasteiger partial charge in [-0.1, -0.05) is 53.7 Å². The average Bonchev–Trinajstić information content (AvgIpc) is 2.50. The van der Waals surface area contributed by atoms with Crippen LogP contribution in [0.3, 0.4) is 0 Å². The first-order valence-electron chi connectivity index (χ1n) is 5.33. The van der Waals surface area contributed by atoms with E-state index in [2.05, 4.69) is 59.0 Å². The third kappa shape index (κ3) is 2.32. The van der Waals surface area contributed by atoms with Crippen molar-refractivity contribution in [2.24, 2.45) is 5.92 Å². The van der Waals surface area contributed by atoms with Crippen LogP contribution in [-0.4, -0.2) is 6.54 Å². The zero-order chi connectivity index (χ0) is 10.8. The van der Waals surface area contributed by atoms with Crippen molar-refractivity contribution in [2.45, 2.75) is 19.4 Å². The number of hydrogen-bond acceptors (Lipinski definition) is 1. The molecular formula is C13H16BrN. The van der Waals surface area contributed by atoms with E-state index in [4.69, 9.17) is 0 Å². The minimum absolute atomic E-state index is 0.482. The van der Waals surface area contributed by atoms with Crippen LogP contribution >= 0.6 is 15.9 Å². The first-order valence-corrected chi connectivity index (χ1v) is 6.12. The molecule has 0 aromatic heterocycles. The van der Waals surface area contributed by atoms with Gasteiger partial charge >= 0.3 is 0 Å². The molecule has 1 aromatic rings. The second-order valence-corrected chi connectivity index (χ2v) is 5.38. The van der Waals surface area contributed by atoms with Gasteiger partial charge in [-0.15, -0.1) is 0 Å². The summed E-state index contributed by atoms with van der Waals surface area (Å²) < 4.78 is 1.01. The van der Waals surface area contributed by atoms with Crippen LogP contribution in [0.4, 0.5) is 0 Å². The molecule has 2 atom stereocenters. The van der Waals surface area contributed by atoms with Gasteiger partial charge in [0.25, 0.3) is 0 Å². The summed E-state index contributed by atoms with van der Waals surface area (Å²) in [4.78, 5) is 0. The first kappa shape index (κ1) is 10.9. The molecule has 0 bridgehead atoms. The summed E-state index contributed by atoms with van der Waals surface area (Å²) in [5.41, 5.74) is 2.95. The van der Waals surface area contributed by atoms with E-state index in [0.717, 1.165) is 11.0 Å². The maximum Gasteiger partial charge on any atom is 0.0355 e. The van der Waals surface area contributed by atoms with Crippen molar-refractivity contribution in [3.8, 4) is 0 Å². The number of halogens is 1. The highest BCUT2D eigenvalue weighted by Crippen LogP contribution is 2.35. The molecular weight excluding hydrogens is 250 g/mol. The van der Waals surface area contributed by atoms with Crippen LogP contribution < -0.4 is 5.32 Å². The van der Waals surface area contributed by atoms with Gasteiger partial charge in [0.2, 0.25) is 0 Å². The molecule has 0 saturated carbocycles. The smallest absolute Gasteiger partial charge is 0.0355 e. The van der Waals surface area contributed by atoms with Gasteiger partial charge in [-0.2, -0.15) is 0 Å². The minimum Gasteiger partial charge on any atom is -0.305 e. The lowest BCUT2D eigenvalue weighted by molar-refractivity contribution is 0.432. The molecule has 0 saturated heterocycles. The summed E-state index contributed by atoms with van der Waals surface area (Å²) in [6.07, 6.45) is 1.18. The monoisotopic (exact) mass is 265 g/mol. The fourth-order valence-electron chi connectivity index (χ4n) is 2.33. The fourth-order valence-corrected chi connectivity index (χ4v) is 2.49. The van der Waals surface area contributed by atoms with E-state index in [1.54, 1.807) is 0 Å². The molecule has 1 aliphatic carbocycles. The molecule has 1 aliphatic rings. The number of hydrogen-bond donors (Lipinski definition) is 1. The highest BCUT2D eigenvalue weighted by molar-refractivity contribution is 9.11. The zero-order valence-corrected chi connectivity index (χ0v) is 10.5. The normalized spacial score (nSPS) is 23.9. The Balaban J connectivity index is 2.15. The minimum atomic E-state index is 0.482. The van der Waals surface area contributed by atoms with E-state index in [-0.39, 0.29) is 0 Å². The molecule has 0 fully saturated rings. The molecule has 1 N–H and O–H groups in total. The van der Waals surface area contributed by atoms with Crippen LogP contribution in [0.25, 0.3) is 0 Å². The molecule has 0 aliphatic heterocycles. The van der Waals surface area contributed by atoms with Crippen molar-refractivity contribution in [2.75, 3.05) is 6.54 Å². The Hall–Kier alpha value is -0.600. The molecule has 0 amide bonds. The van der Waals surface area contributed by atoms with Gasteiger partial charge in [0.05, 0.1) is 0 Å². The number of benzene rings is 1. The Kier molecular flexibility index (Phi) is 3.27. The predicted molar refractivity (Wildman–Crippen MR) is 68.1 cm³/mol. The Morgan fingerprint density at radius 3 is 3.00 bits per heavy atom. The molecule has 0 radical (unpaired) electrons. The molecule has 2 heteroatoms. The highest BCUT2D eigenvalue weighted by Gasteiger charge is 2.28. The Bertz CT molecular complexity index is 373. The van der Waals surface area contributed by atoms with E-state index in [1.807, 2.05) is 0 Å². The van der Waals surface area contributed by atoms with Crippen LogP contribution in [0, 0.1) is 5.92 Å². The van der Waals surface area contributed by atoms with E-state index >= 15 is 0 Å². The van der Waals surface area contributed by atoms with Crippen molar-refractivity contribution < 1.29 is 0 Å². The third-order valence-electron chi connectivity index (χ3n) is 3.01. The van der Waals surface area contributed by atoms with E-state index in [9.17, 15) is 0 Å². The van der Waals surface area contributed by atoms with E-state index < -0.39 is 0 Å². The zero-order valence-electron chi connectivity index (χ0n) is 8.96. The predicted octanol–water partition coefficient (Wildman–Crippen LogP) is 3.42. The summed E-state index contributed by atoms with van der Waals surface area (Å²) in [7, 11) is 0. The average molecular weight is 266 g/mol. The molecule has 0 spiro atoms. The van der Waals surface area contributed by atoms with Crippen LogP contribution in [0.1, 0.15) is 24.1 Å². The van der Waals surface area contributed by atoms with Gasteiger partial charge in [-0.05, 0) is 23.5 Å². The van der Waals surface area contributed by atoms with Crippen molar-refractivity contribution in [3.05, 3.63) is 46.5 Å². The first-order chi connectivity index (χ1) is 7.18. The maximum absolute atomic E-state index is 3.85. The van der Waals surface area contributed by atoms with Crippen molar-refractivity contribution in [3.63, 3.8) is 0 Å². The molecule has 80 valence electrons. The van der Waals surface area contributed by atoms with Crippen LogP contribution in [0.2, 0.25) is 0 Å². The Labute approximate surface area is 99.7 Å². The van der Waals surface area contributed by atoms with Gasteiger partial charge in [0.15, 0.2) is 0 Å². The summed E-state index contributed by atoms with van der Waals surface area (Å²) in [5.74, 6) is 0.675. The lowest BCUT2D eigenvalue weighted by Gasteiger charge is -2.18. The van der Waals surface area contributed by atoms with Gasteiger partial charge in [0.1, 0.15) is 0 Å². The molecule has 0 heterocycles. The van der Waals surface area contributed by atoms with Crippen LogP contribution in [0.15, 0.2) is 35.3 Å². The molecule has 2 rings (SSSR count).